The van der Waals surface area contributed by atoms with Gasteiger partial charge in [-0.3, -0.25) is 0 Å². The number of rotatable bonds is 6. The van der Waals surface area contributed by atoms with E-state index >= 15 is 0 Å². The smallest absolute Gasteiger partial charge is 0.0764 e. The summed E-state index contributed by atoms with van der Waals surface area (Å²) < 4.78 is 5.97. The van der Waals surface area contributed by atoms with Gasteiger partial charge in [0.25, 0.3) is 0 Å². The Morgan fingerprint density at radius 1 is 0.556 bits per heavy atom. The Hall–Kier alpha value is -3.23. The molecule has 0 aliphatic carbocycles. The van der Waals surface area contributed by atoms with Gasteiger partial charge in [0.15, 0.2) is 0 Å². The van der Waals surface area contributed by atoms with Crippen molar-refractivity contribution in [1.29, 1.82) is 0 Å². The van der Waals surface area contributed by atoms with Crippen molar-refractivity contribution in [3.05, 3.63) is 114 Å². The summed E-state index contributed by atoms with van der Waals surface area (Å²) >= 11 is 0. The molecule has 4 rings (SSSR count). The first-order chi connectivity index (χ1) is 13.4. The van der Waals surface area contributed by atoms with E-state index in [-0.39, 0.29) is 0 Å². The SMILES string of the molecule is c1ccc(COCc2ccc(-c3ccccc3)nc2-c2ccccc2)cc1. The number of aromatic nitrogens is 1. The van der Waals surface area contributed by atoms with Gasteiger partial charge in [-0.05, 0) is 11.6 Å². The van der Waals surface area contributed by atoms with Gasteiger partial charge >= 0.3 is 0 Å². The number of hydrogen-bond acceptors (Lipinski definition) is 2. The van der Waals surface area contributed by atoms with Crippen LogP contribution in [0.2, 0.25) is 0 Å². The number of benzene rings is 3. The maximum Gasteiger partial charge on any atom is 0.0764 e. The van der Waals surface area contributed by atoms with Crippen LogP contribution in [0.15, 0.2) is 103 Å². The average molecular weight is 351 g/mol. The van der Waals surface area contributed by atoms with E-state index in [0.717, 1.165) is 28.1 Å². The molecule has 0 aliphatic rings. The van der Waals surface area contributed by atoms with Crippen molar-refractivity contribution in [2.24, 2.45) is 0 Å². The van der Waals surface area contributed by atoms with Gasteiger partial charge in [0.05, 0.1) is 24.6 Å². The van der Waals surface area contributed by atoms with E-state index in [4.69, 9.17) is 9.72 Å². The van der Waals surface area contributed by atoms with Crippen molar-refractivity contribution < 1.29 is 4.74 Å². The van der Waals surface area contributed by atoms with Gasteiger partial charge in [-0.2, -0.15) is 0 Å². The molecule has 0 fully saturated rings. The lowest BCUT2D eigenvalue weighted by Crippen LogP contribution is -1.99. The summed E-state index contributed by atoms with van der Waals surface area (Å²) in [7, 11) is 0. The zero-order chi connectivity index (χ0) is 18.3. The van der Waals surface area contributed by atoms with Crippen molar-refractivity contribution in [3.63, 3.8) is 0 Å². The van der Waals surface area contributed by atoms with Crippen molar-refractivity contribution in [1.82, 2.24) is 4.98 Å². The molecule has 0 bridgehead atoms. The van der Waals surface area contributed by atoms with Crippen molar-refractivity contribution in [3.8, 4) is 22.5 Å². The molecule has 1 heterocycles. The Bertz CT molecular complexity index is 982. The molecule has 2 heteroatoms. The molecule has 0 saturated heterocycles. The molecule has 0 atom stereocenters. The van der Waals surface area contributed by atoms with Crippen LogP contribution in [0.4, 0.5) is 0 Å². The third kappa shape index (κ3) is 4.30. The monoisotopic (exact) mass is 351 g/mol. The molecule has 1 aromatic heterocycles. The highest BCUT2D eigenvalue weighted by atomic mass is 16.5. The summed E-state index contributed by atoms with van der Waals surface area (Å²) in [5, 5.41) is 0. The maximum atomic E-state index is 5.97. The molecule has 0 radical (unpaired) electrons. The Morgan fingerprint density at radius 3 is 1.81 bits per heavy atom. The summed E-state index contributed by atoms with van der Waals surface area (Å²) in [5.74, 6) is 0. The molecule has 2 nitrogen and oxygen atoms in total. The van der Waals surface area contributed by atoms with Gasteiger partial charge in [-0.25, -0.2) is 4.98 Å². The van der Waals surface area contributed by atoms with Gasteiger partial charge in [0.2, 0.25) is 0 Å². The van der Waals surface area contributed by atoms with Crippen LogP contribution in [0.5, 0.6) is 0 Å². The highest BCUT2D eigenvalue weighted by Crippen LogP contribution is 2.27. The second kappa shape index (κ2) is 8.43. The molecular weight excluding hydrogens is 330 g/mol. The zero-order valence-electron chi connectivity index (χ0n) is 15.1. The minimum Gasteiger partial charge on any atom is -0.372 e. The zero-order valence-corrected chi connectivity index (χ0v) is 15.1. The first kappa shape index (κ1) is 17.2. The first-order valence-electron chi connectivity index (χ1n) is 9.12. The second-order valence-corrected chi connectivity index (χ2v) is 6.41. The highest BCUT2D eigenvalue weighted by Gasteiger charge is 2.10. The number of hydrogen-bond donors (Lipinski definition) is 0. The van der Waals surface area contributed by atoms with E-state index in [1.165, 1.54) is 5.56 Å². The Kier molecular flexibility index (Phi) is 5.37. The molecule has 0 N–H and O–H groups in total. The largest absolute Gasteiger partial charge is 0.372 e. The van der Waals surface area contributed by atoms with Crippen LogP contribution >= 0.6 is 0 Å². The van der Waals surface area contributed by atoms with Crippen LogP contribution in [-0.4, -0.2) is 4.98 Å². The molecule has 0 amide bonds. The Morgan fingerprint density at radius 2 is 1.15 bits per heavy atom. The first-order valence-corrected chi connectivity index (χ1v) is 9.12. The van der Waals surface area contributed by atoms with Gasteiger partial charge < -0.3 is 4.74 Å². The lowest BCUT2D eigenvalue weighted by atomic mass is 10.0. The fourth-order valence-electron chi connectivity index (χ4n) is 3.07. The number of pyridine rings is 1. The molecule has 132 valence electrons. The molecule has 0 saturated carbocycles. The molecule has 0 unspecified atom stereocenters. The van der Waals surface area contributed by atoms with Crippen LogP contribution < -0.4 is 0 Å². The van der Waals surface area contributed by atoms with E-state index in [1.54, 1.807) is 0 Å². The van der Waals surface area contributed by atoms with Crippen molar-refractivity contribution in [2.45, 2.75) is 13.2 Å². The lowest BCUT2D eigenvalue weighted by molar-refractivity contribution is 0.107. The summed E-state index contributed by atoms with van der Waals surface area (Å²) in [4.78, 5) is 4.96. The molecule has 3 aromatic carbocycles. The third-order valence-electron chi connectivity index (χ3n) is 4.46. The van der Waals surface area contributed by atoms with Crippen molar-refractivity contribution >= 4 is 0 Å². The topological polar surface area (TPSA) is 22.1 Å². The van der Waals surface area contributed by atoms with E-state index < -0.39 is 0 Å². The molecule has 0 aliphatic heterocycles. The molecule has 4 aromatic rings. The Labute approximate surface area is 160 Å². The minimum atomic E-state index is 0.529. The van der Waals surface area contributed by atoms with Gasteiger partial charge in [0, 0.05) is 16.7 Å². The van der Waals surface area contributed by atoms with Crippen LogP contribution in [0.1, 0.15) is 11.1 Å². The summed E-state index contributed by atoms with van der Waals surface area (Å²) in [6.45, 7) is 1.12. The second-order valence-electron chi connectivity index (χ2n) is 6.41. The lowest BCUT2D eigenvalue weighted by Gasteiger charge is -2.12. The predicted octanol–water partition coefficient (Wildman–Crippen LogP) is 6.13. The van der Waals surface area contributed by atoms with Crippen LogP contribution in [-0.2, 0) is 18.0 Å². The van der Waals surface area contributed by atoms with Crippen LogP contribution in [0, 0.1) is 0 Å². The summed E-state index contributed by atoms with van der Waals surface area (Å²) in [5.41, 5.74) is 6.44. The fraction of sp³-hybridized carbons (Fsp3) is 0.0800. The minimum absolute atomic E-state index is 0.529. The standard InChI is InChI=1S/C25H21NO/c1-4-10-20(11-5-1)18-27-19-23-16-17-24(21-12-6-2-7-13-21)26-25(23)22-14-8-3-9-15-22/h1-17H,18-19H2. The van der Waals surface area contributed by atoms with E-state index in [9.17, 15) is 0 Å². The normalized spacial score (nSPS) is 10.7. The fourth-order valence-corrected chi connectivity index (χ4v) is 3.07. The quantitative estimate of drug-likeness (QED) is 0.417. The van der Waals surface area contributed by atoms with E-state index in [1.807, 2.05) is 54.6 Å². The number of ether oxygens (including phenoxy) is 1. The Balaban J connectivity index is 1.62. The number of nitrogens with zero attached hydrogens (tertiary/aromatic N) is 1. The molecule has 27 heavy (non-hydrogen) atoms. The molecule has 0 spiro atoms. The van der Waals surface area contributed by atoms with Gasteiger partial charge in [-0.15, -0.1) is 0 Å². The predicted molar refractivity (Wildman–Crippen MR) is 110 cm³/mol. The maximum absolute atomic E-state index is 5.97. The summed E-state index contributed by atoms with van der Waals surface area (Å²) in [6, 6.07) is 35.0. The van der Waals surface area contributed by atoms with Gasteiger partial charge in [0.1, 0.15) is 0 Å². The van der Waals surface area contributed by atoms with Crippen LogP contribution in [0.3, 0.4) is 0 Å². The van der Waals surface area contributed by atoms with E-state index in [2.05, 4.69) is 48.5 Å². The third-order valence-corrected chi connectivity index (χ3v) is 4.46. The summed E-state index contributed by atoms with van der Waals surface area (Å²) in [6.07, 6.45) is 0. The highest BCUT2D eigenvalue weighted by molar-refractivity contribution is 5.68. The molecular formula is C25H21NO. The van der Waals surface area contributed by atoms with Crippen LogP contribution in [0.25, 0.3) is 22.5 Å². The van der Waals surface area contributed by atoms with E-state index in [0.29, 0.717) is 13.2 Å². The van der Waals surface area contributed by atoms with Crippen molar-refractivity contribution in [2.75, 3.05) is 0 Å². The average Bonchev–Trinajstić information content (AvgIpc) is 2.76. The van der Waals surface area contributed by atoms with Gasteiger partial charge in [-0.1, -0.05) is 97.1 Å².